The van der Waals surface area contributed by atoms with E-state index in [9.17, 15) is 23.3 Å². The molecule has 0 saturated carbocycles. The number of carbonyl (C=O) groups excluding carboxylic acids is 1. The van der Waals surface area contributed by atoms with E-state index in [2.05, 4.69) is 5.32 Å². The van der Waals surface area contributed by atoms with Crippen LogP contribution in [0.25, 0.3) is 0 Å². The molecule has 0 radical (unpaired) electrons. The highest BCUT2D eigenvalue weighted by molar-refractivity contribution is 7.89. The average molecular weight is 424 g/mol. The van der Waals surface area contributed by atoms with E-state index in [0.29, 0.717) is 13.1 Å². The Bertz CT molecular complexity index is 1020. The molecule has 2 aromatic rings. The minimum atomic E-state index is -3.68. The normalized spacial score (nSPS) is 15.2. The van der Waals surface area contributed by atoms with Gasteiger partial charge < -0.3 is 5.32 Å². The van der Waals surface area contributed by atoms with Crippen LogP contribution in [0.2, 0.25) is 5.02 Å². The van der Waals surface area contributed by atoms with Crippen LogP contribution >= 0.6 is 11.6 Å². The first-order chi connectivity index (χ1) is 13.3. The SMILES string of the molecule is O=C(Nc1ccccc1[N+](=O)[O-])c1ccc(S(=O)(=O)N2CCCCC2)cc1Cl. The summed E-state index contributed by atoms with van der Waals surface area (Å²) >= 11 is 6.16. The molecule has 0 aromatic heterocycles. The van der Waals surface area contributed by atoms with Gasteiger partial charge in [0.1, 0.15) is 5.69 Å². The number of nitro groups is 1. The molecular formula is C18H18ClN3O5S. The Balaban J connectivity index is 1.85. The van der Waals surface area contributed by atoms with Gasteiger partial charge >= 0.3 is 0 Å². The Morgan fingerprint density at radius 2 is 1.79 bits per heavy atom. The van der Waals surface area contributed by atoms with E-state index in [4.69, 9.17) is 11.6 Å². The van der Waals surface area contributed by atoms with Gasteiger partial charge in [-0.1, -0.05) is 30.2 Å². The fraction of sp³-hybridized carbons (Fsp3) is 0.278. The molecule has 8 nitrogen and oxygen atoms in total. The maximum atomic E-state index is 12.7. The van der Waals surface area contributed by atoms with Gasteiger partial charge in [0.25, 0.3) is 11.6 Å². The second-order valence-corrected chi connectivity index (χ2v) is 8.68. The number of rotatable bonds is 5. The minimum Gasteiger partial charge on any atom is -0.316 e. The van der Waals surface area contributed by atoms with Crippen molar-refractivity contribution in [1.29, 1.82) is 0 Å². The number of hydrogen-bond acceptors (Lipinski definition) is 5. The second-order valence-electron chi connectivity index (χ2n) is 6.33. The Morgan fingerprint density at radius 3 is 2.43 bits per heavy atom. The first kappa shape index (κ1) is 20.2. The van der Waals surface area contributed by atoms with Crippen molar-refractivity contribution in [2.24, 2.45) is 0 Å². The summed E-state index contributed by atoms with van der Waals surface area (Å²) in [5.74, 6) is -0.666. The molecule has 1 N–H and O–H groups in total. The molecular weight excluding hydrogens is 406 g/mol. The van der Waals surface area contributed by atoms with E-state index in [1.54, 1.807) is 6.07 Å². The van der Waals surface area contributed by atoms with Crippen molar-refractivity contribution in [3.8, 4) is 0 Å². The van der Waals surface area contributed by atoms with E-state index in [1.807, 2.05) is 0 Å². The number of nitro benzene ring substituents is 1. The molecule has 28 heavy (non-hydrogen) atoms. The zero-order chi connectivity index (χ0) is 20.3. The van der Waals surface area contributed by atoms with E-state index in [1.165, 1.54) is 40.7 Å². The van der Waals surface area contributed by atoms with Gasteiger partial charge in [-0.3, -0.25) is 14.9 Å². The zero-order valence-electron chi connectivity index (χ0n) is 14.8. The molecule has 2 aromatic carbocycles. The van der Waals surface area contributed by atoms with Crippen molar-refractivity contribution in [1.82, 2.24) is 4.31 Å². The molecule has 0 bridgehead atoms. The summed E-state index contributed by atoms with van der Waals surface area (Å²) in [5, 5.41) is 13.5. The lowest BCUT2D eigenvalue weighted by Gasteiger charge is -2.26. The predicted molar refractivity (Wildman–Crippen MR) is 105 cm³/mol. The number of anilines is 1. The highest BCUT2D eigenvalue weighted by Gasteiger charge is 2.27. The standard InChI is InChI=1S/C18H18ClN3O5S/c19-15-12-13(28(26,27)21-10-4-1-5-11-21)8-9-14(15)18(23)20-16-6-2-3-7-17(16)22(24)25/h2-3,6-9,12H,1,4-5,10-11H2,(H,20,23). The van der Waals surface area contributed by atoms with Crippen molar-refractivity contribution < 1.29 is 18.1 Å². The Morgan fingerprint density at radius 1 is 1.11 bits per heavy atom. The third kappa shape index (κ3) is 4.16. The Kier molecular flexibility index (Phi) is 5.97. The van der Waals surface area contributed by atoms with Crippen LogP contribution in [-0.4, -0.2) is 36.6 Å². The highest BCUT2D eigenvalue weighted by atomic mass is 35.5. The molecule has 148 valence electrons. The molecule has 0 spiro atoms. The van der Waals surface area contributed by atoms with E-state index < -0.39 is 20.9 Å². The molecule has 1 aliphatic rings. The number of piperidine rings is 1. The second kappa shape index (κ2) is 8.26. The van der Waals surface area contributed by atoms with Gasteiger partial charge in [0.05, 0.1) is 20.4 Å². The smallest absolute Gasteiger partial charge is 0.292 e. The number of carbonyl (C=O) groups is 1. The average Bonchev–Trinajstić information content (AvgIpc) is 2.68. The summed E-state index contributed by atoms with van der Waals surface area (Å²) in [6, 6.07) is 9.58. The highest BCUT2D eigenvalue weighted by Crippen LogP contribution is 2.28. The number of amides is 1. The number of para-hydroxylation sites is 2. The van der Waals surface area contributed by atoms with E-state index in [-0.39, 0.29) is 26.9 Å². The number of benzene rings is 2. The maximum absolute atomic E-state index is 12.7. The van der Waals surface area contributed by atoms with Crippen molar-refractivity contribution in [2.45, 2.75) is 24.2 Å². The topological polar surface area (TPSA) is 110 Å². The van der Waals surface area contributed by atoms with E-state index >= 15 is 0 Å². The van der Waals surface area contributed by atoms with Gasteiger partial charge in [-0.2, -0.15) is 4.31 Å². The molecule has 0 aliphatic carbocycles. The molecule has 1 fully saturated rings. The van der Waals surface area contributed by atoms with Crippen LogP contribution in [0.15, 0.2) is 47.4 Å². The molecule has 1 amide bonds. The Labute approximate surface area is 167 Å². The number of halogens is 1. The van der Waals surface area contributed by atoms with Crippen molar-refractivity contribution in [3.63, 3.8) is 0 Å². The first-order valence-electron chi connectivity index (χ1n) is 8.65. The van der Waals surface area contributed by atoms with Crippen LogP contribution in [0.5, 0.6) is 0 Å². The quantitative estimate of drug-likeness (QED) is 0.582. The minimum absolute atomic E-state index is 0.0154. The lowest BCUT2D eigenvalue weighted by molar-refractivity contribution is -0.383. The summed E-state index contributed by atoms with van der Waals surface area (Å²) in [6.07, 6.45) is 2.62. The van der Waals surface area contributed by atoms with E-state index in [0.717, 1.165) is 19.3 Å². The third-order valence-electron chi connectivity index (χ3n) is 4.49. The molecule has 1 heterocycles. The predicted octanol–water partition coefficient (Wildman–Crippen LogP) is 3.68. The summed E-state index contributed by atoms with van der Waals surface area (Å²) < 4.78 is 26.9. The van der Waals surface area contributed by atoms with Gasteiger partial charge in [-0.25, -0.2) is 8.42 Å². The third-order valence-corrected chi connectivity index (χ3v) is 6.69. The van der Waals surface area contributed by atoms with Gasteiger partial charge in [-0.05, 0) is 37.1 Å². The van der Waals surface area contributed by atoms with Crippen molar-refractivity contribution in [2.75, 3.05) is 18.4 Å². The number of nitrogens with zero attached hydrogens (tertiary/aromatic N) is 2. The molecule has 0 atom stereocenters. The van der Waals surface area contributed by atoms with Crippen LogP contribution in [0.1, 0.15) is 29.6 Å². The lowest BCUT2D eigenvalue weighted by Crippen LogP contribution is -2.35. The monoisotopic (exact) mass is 423 g/mol. The number of sulfonamides is 1. The van der Waals surface area contributed by atoms with Crippen LogP contribution < -0.4 is 5.32 Å². The van der Waals surface area contributed by atoms with Crippen LogP contribution in [0, 0.1) is 10.1 Å². The first-order valence-corrected chi connectivity index (χ1v) is 10.5. The summed E-state index contributed by atoms with van der Waals surface area (Å²) in [4.78, 5) is 23.0. The zero-order valence-corrected chi connectivity index (χ0v) is 16.4. The molecule has 1 aliphatic heterocycles. The number of nitrogens with one attached hydrogen (secondary N) is 1. The Hall–Kier alpha value is -2.49. The summed E-state index contributed by atoms with van der Waals surface area (Å²) in [6.45, 7) is 0.916. The van der Waals surface area contributed by atoms with Gasteiger partial charge in [0, 0.05) is 19.2 Å². The molecule has 10 heteroatoms. The van der Waals surface area contributed by atoms with Crippen LogP contribution in [0.3, 0.4) is 0 Å². The molecule has 0 unspecified atom stereocenters. The summed E-state index contributed by atoms with van der Waals surface area (Å²) in [5.41, 5.74) is -0.202. The number of hydrogen-bond donors (Lipinski definition) is 1. The van der Waals surface area contributed by atoms with Gasteiger partial charge in [-0.15, -0.1) is 0 Å². The fourth-order valence-electron chi connectivity index (χ4n) is 3.02. The van der Waals surface area contributed by atoms with Crippen molar-refractivity contribution >= 4 is 38.9 Å². The maximum Gasteiger partial charge on any atom is 0.292 e. The van der Waals surface area contributed by atoms with Crippen molar-refractivity contribution in [3.05, 3.63) is 63.2 Å². The fourth-order valence-corrected chi connectivity index (χ4v) is 4.90. The van der Waals surface area contributed by atoms with Gasteiger partial charge in [0.2, 0.25) is 10.0 Å². The van der Waals surface area contributed by atoms with Gasteiger partial charge in [0.15, 0.2) is 0 Å². The molecule has 1 saturated heterocycles. The van der Waals surface area contributed by atoms with Crippen LogP contribution in [0.4, 0.5) is 11.4 Å². The van der Waals surface area contributed by atoms with Crippen LogP contribution in [-0.2, 0) is 10.0 Å². The molecule has 3 rings (SSSR count). The lowest BCUT2D eigenvalue weighted by atomic mass is 10.2. The summed E-state index contributed by atoms with van der Waals surface area (Å²) in [7, 11) is -3.68. The largest absolute Gasteiger partial charge is 0.316 e.